The Bertz CT molecular complexity index is 310. The first kappa shape index (κ1) is 22.2. The average Bonchev–Trinajstić information content (AvgIpc) is 3.00. The van der Waals surface area contributed by atoms with Crippen LogP contribution in [0.2, 0.25) is 0 Å². The maximum Gasteiger partial charge on any atom is 0.303 e. The summed E-state index contributed by atoms with van der Waals surface area (Å²) in [4.78, 5) is 10.5. The molecule has 1 saturated heterocycles. The highest BCUT2D eigenvalue weighted by Crippen LogP contribution is 2.35. The lowest BCUT2D eigenvalue weighted by Crippen LogP contribution is -2.15. The zero-order chi connectivity index (χ0) is 17.5. The molecule has 2 atom stereocenters. The molecule has 0 aromatic rings. The van der Waals surface area contributed by atoms with Crippen LogP contribution in [-0.2, 0) is 4.79 Å². The SMILES string of the molecule is CCCCCCCCSC[C@@H]1CSC[C@@H]1CCCCCCC(=O)O. The summed E-state index contributed by atoms with van der Waals surface area (Å²) in [6, 6.07) is 0. The number of hydrogen-bond acceptors (Lipinski definition) is 3. The number of carbonyl (C=O) groups is 1. The molecule has 1 fully saturated rings. The van der Waals surface area contributed by atoms with E-state index >= 15 is 0 Å². The largest absolute Gasteiger partial charge is 0.481 e. The zero-order valence-electron chi connectivity index (χ0n) is 15.6. The van der Waals surface area contributed by atoms with Crippen molar-refractivity contribution in [3.8, 4) is 0 Å². The molecule has 0 spiro atoms. The van der Waals surface area contributed by atoms with Crippen LogP contribution < -0.4 is 0 Å². The highest BCUT2D eigenvalue weighted by molar-refractivity contribution is 8.00. The molecule has 0 unspecified atom stereocenters. The van der Waals surface area contributed by atoms with Crippen LogP contribution in [0.5, 0.6) is 0 Å². The van der Waals surface area contributed by atoms with Crippen LogP contribution >= 0.6 is 23.5 Å². The third-order valence-electron chi connectivity index (χ3n) is 5.02. The lowest BCUT2D eigenvalue weighted by molar-refractivity contribution is -0.137. The van der Waals surface area contributed by atoms with Gasteiger partial charge in [0.25, 0.3) is 0 Å². The fourth-order valence-electron chi connectivity index (χ4n) is 3.40. The van der Waals surface area contributed by atoms with Crippen LogP contribution in [0.3, 0.4) is 0 Å². The van der Waals surface area contributed by atoms with Gasteiger partial charge in [-0.3, -0.25) is 4.79 Å². The van der Waals surface area contributed by atoms with Gasteiger partial charge < -0.3 is 5.11 Å². The van der Waals surface area contributed by atoms with Crippen LogP contribution in [0.25, 0.3) is 0 Å². The Kier molecular flexibility index (Phi) is 14.3. The number of thioether (sulfide) groups is 2. The maximum absolute atomic E-state index is 10.5. The van der Waals surface area contributed by atoms with Crippen LogP contribution in [0.1, 0.15) is 84.0 Å². The molecule has 4 heteroatoms. The molecular formula is C20H38O2S2. The summed E-state index contributed by atoms with van der Waals surface area (Å²) < 4.78 is 0. The van der Waals surface area contributed by atoms with Gasteiger partial charge in [-0.15, -0.1) is 0 Å². The highest BCUT2D eigenvalue weighted by atomic mass is 32.2. The first-order valence-corrected chi connectivity index (χ1v) is 12.4. The zero-order valence-corrected chi connectivity index (χ0v) is 17.3. The minimum atomic E-state index is -0.648. The Labute approximate surface area is 158 Å². The van der Waals surface area contributed by atoms with Gasteiger partial charge in [0.2, 0.25) is 0 Å². The van der Waals surface area contributed by atoms with E-state index in [0.29, 0.717) is 6.42 Å². The lowest BCUT2D eigenvalue weighted by Gasteiger charge is -2.18. The fraction of sp³-hybridized carbons (Fsp3) is 0.950. The molecule has 1 aliphatic rings. The molecule has 0 aromatic carbocycles. The van der Waals surface area contributed by atoms with Gasteiger partial charge in [0.05, 0.1) is 0 Å². The molecule has 1 heterocycles. The Hall–Kier alpha value is 0.170. The van der Waals surface area contributed by atoms with Gasteiger partial charge in [0.15, 0.2) is 0 Å². The van der Waals surface area contributed by atoms with E-state index in [0.717, 1.165) is 24.7 Å². The summed E-state index contributed by atoms with van der Waals surface area (Å²) in [5.41, 5.74) is 0. The molecule has 2 nitrogen and oxygen atoms in total. The minimum Gasteiger partial charge on any atom is -0.481 e. The van der Waals surface area contributed by atoms with E-state index in [1.165, 1.54) is 80.8 Å². The van der Waals surface area contributed by atoms with E-state index in [9.17, 15) is 4.79 Å². The van der Waals surface area contributed by atoms with Gasteiger partial charge in [0, 0.05) is 6.42 Å². The minimum absolute atomic E-state index is 0.344. The summed E-state index contributed by atoms with van der Waals surface area (Å²) in [5, 5.41) is 8.65. The van der Waals surface area contributed by atoms with Gasteiger partial charge in [-0.2, -0.15) is 23.5 Å². The van der Waals surface area contributed by atoms with Crippen LogP contribution in [0.4, 0.5) is 0 Å². The monoisotopic (exact) mass is 374 g/mol. The van der Waals surface area contributed by atoms with Crippen LogP contribution in [0.15, 0.2) is 0 Å². The topological polar surface area (TPSA) is 37.3 Å². The van der Waals surface area contributed by atoms with E-state index < -0.39 is 5.97 Å². The number of aliphatic carboxylic acids is 1. The van der Waals surface area contributed by atoms with Gasteiger partial charge in [-0.1, -0.05) is 58.3 Å². The summed E-state index contributed by atoms with van der Waals surface area (Å²) in [5.74, 6) is 6.65. The van der Waals surface area contributed by atoms with Crippen molar-refractivity contribution >= 4 is 29.5 Å². The van der Waals surface area contributed by atoms with Crippen molar-refractivity contribution in [2.75, 3.05) is 23.0 Å². The second-order valence-electron chi connectivity index (χ2n) is 7.25. The van der Waals surface area contributed by atoms with E-state index in [1.807, 2.05) is 0 Å². The maximum atomic E-state index is 10.5. The van der Waals surface area contributed by atoms with Gasteiger partial charge in [0.1, 0.15) is 0 Å². The Morgan fingerprint density at radius 2 is 1.62 bits per heavy atom. The molecule has 0 bridgehead atoms. The molecule has 0 saturated carbocycles. The first-order chi connectivity index (χ1) is 11.7. The Balaban J connectivity index is 1.95. The summed E-state index contributed by atoms with van der Waals surface area (Å²) in [6.07, 6.45) is 14.6. The smallest absolute Gasteiger partial charge is 0.303 e. The van der Waals surface area contributed by atoms with Gasteiger partial charge in [-0.05, 0) is 54.1 Å². The predicted molar refractivity (Wildman–Crippen MR) is 110 cm³/mol. The molecule has 1 aliphatic heterocycles. The molecule has 0 amide bonds. The van der Waals surface area contributed by atoms with Crippen LogP contribution in [0, 0.1) is 11.8 Å². The third-order valence-corrected chi connectivity index (χ3v) is 7.59. The number of carboxylic acids is 1. The van der Waals surface area contributed by atoms with Crippen LogP contribution in [-0.4, -0.2) is 34.1 Å². The summed E-state index contributed by atoms with van der Waals surface area (Å²) in [6.45, 7) is 2.28. The second kappa shape index (κ2) is 15.4. The highest BCUT2D eigenvalue weighted by Gasteiger charge is 2.26. The Morgan fingerprint density at radius 1 is 0.958 bits per heavy atom. The van der Waals surface area contributed by atoms with Crippen molar-refractivity contribution in [2.45, 2.75) is 84.0 Å². The van der Waals surface area contributed by atoms with E-state index in [4.69, 9.17) is 5.11 Å². The predicted octanol–water partition coefficient (Wildman–Crippen LogP) is 6.48. The number of carboxylic acid groups (broad SMARTS) is 1. The lowest BCUT2D eigenvalue weighted by atomic mass is 9.92. The third kappa shape index (κ3) is 11.7. The Morgan fingerprint density at radius 3 is 2.42 bits per heavy atom. The number of rotatable bonds is 16. The fourth-order valence-corrected chi connectivity index (χ4v) is 6.39. The first-order valence-electron chi connectivity index (χ1n) is 10.1. The molecular weight excluding hydrogens is 336 g/mol. The van der Waals surface area contributed by atoms with Gasteiger partial charge >= 0.3 is 5.97 Å². The van der Waals surface area contributed by atoms with Crippen molar-refractivity contribution < 1.29 is 9.90 Å². The summed E-state index contributed by atoms with van der Waals surface area (Å²) in [7, 11) is 0. The van der Waals surface area contributed by atoms with E-state index in [-0.39, 0.29) is 0 Å². The second-order valence-corrected chi connectivity index (χ2v) is 9.47. The van der Waals surface area contributed by atoms with Crippen molar-refractivity contribution in [2.24, 2.45) is 11.8 Å². The molecule has 0 radical (unpaired) electrons. The van der Waals surface area contributed by atoms with Crippen molar-refractivity contribution in [1.29, 1.82) is 0 Å². The molecule has 24 heavy (non-hydrogen) atoms. The molecule has 0 aliphatic carbocycles. The quantitative estimate of drug-likeness (QED) is 0.313. The number of unbranched alkanes of at least 4 members (excludes halogenated alkanes) is 8. The van der Waals surface area contributed by atoms with Gasteiger partial charge in [-0.25, -0.2) is 0 Å². The molecule has 1 rings (SSSR count). The summed E-state index contributed by atoms with van der Waals surface area (Å²) >= 11 is 4.34. The van der Waals surface area contributed by atoms with Crippen molar-refractivity contribution in [1.82, 2.24) is 0 Å². The molecule has 0 aromatic heterocycles. The van der Waals surface area contributed by atoms with E-state index in [2.05, 4.69) is 30.4 Å². The standard InChI is InChI=1S/C20H38O2S2/c1-2-3-4-5-8-11-14-23-16-19-17-24-15-18(19)12-9-6-7-10-13-20(21)22/h18-19H,2-17H2,1H3,(H,21,22)/t18-,19+/m0/s1. The molecule has 142 valence electrons. The average molecular weight is 375 g/mol. The van der Waals surface area contributed by atoms with Crippen molar-refractivity contribution in [3.63, 3.8) is 0 Å². The number of hydrogen-bond donors (Lipinski definition) is 1. The van der Waals surface area contributed by atoms with E-state index in [1.54, 1.807) is 0 Å². The van der Waals surface area contributed by atoms with Crippen molar-refractivity contribution in [3.05, 3.63) is 0 Å². The normalized spacial score (nSPS) is 20.5. The molecule has 1 N–H and O–H groups in total.